The van der Waals surface area contributed by atoms with Gasteiger partial charge in [-0.1, -0.05) is 6.07 Å². The Morgan fingerprint density at radius 2 is 2.06 bits per heavy atom. The molecule has 1 atom stereocenters. The first-order chi connectivity index (χ1) is 8.19. The number of phenols is 1. The minimum Gasteiger partial charge on any atom is -0.508 e. The van der Waals surface area contributed by atoms with Gasteiger partial charge < -0.3 is 15.6 Å². The standard InChI is InChI=1S/C13H20N2O3/c1-8(14)10-6-5-9(7-11(10)16)15-12(17)18-13(2,3)4/h5-8,16H,14H2,1-4H3,(H,15,17). The van der Waals surface area contributed by atoms with Gasteiger partial charge in [0.2, 0.25) is 0 Å². The molecule has 0 saturated carbocycles. The van der Waals surface area contributed by atoms with Gasteiger partial charge in [0.05, 0.1) is 0 Å². The van der Waals surface area contributed by atoms with E-state index < -0.39 is 11.7 Å². The van der Waals surface area contributed by atoms with Gasteiger partial charge in [0.15, 0.2) is 0 Å². The van der Waals surface area contributed by atoms with Crippen molar-refractivity contribution in [3.05, 3.63) is 23.8 Å². The van der Waals surface area contributed by atoms with Crippen LogP contribution in [0.15, 0.2) is 18.2 Å². The average molecular weight is 252 g/mol. The highest BCUT2D eigenvalue weighted by molar-refractivity contribution is 5.85. The molecule has 0 aliphatic rings. The maximum absolute atomic E-state index is 11.5. The predicted octanol–water partition coefficient (Wildman–Crippen LogP) is 2.76. The summed E-state index contributed by atoms with van der Waals surface area (Å²) in [4.78, 5) is 11.5. The lowest BCUT2D eigenvalue weighted by molar-refractivity contribution is 0.0636. The normalized spacial score (nSPS) is 12.9. The summed E-state index contributed by atoms with van der Waals surface area (Å²) in [6.07, 6.45) is -0.560. The number of hydrogen-bond acceptors (Lipinski definition) is 4. The van der Waals surface area contributed by atoms with Crippen LogP contribution in [0, 0.1) is 0 Å². The third kappa shape index (κ3) is 4.25. The van der Waals surface area contributed by atoms with Crippen molar-refractivity contribution in [2.24, 2.45) is 5.73 Å². The number of nitrogens with two attached hydrogens (primary N) is 1. The summed E-state index contributed by atoms with van der Waals surface area (Å²) in [5, 5.41) is 12.3. The van der Waals surface area contributed by atoms with Crippen LogP contribution in [-0.4, -0.2) is 16.8 Å². The topological polar surface area (TPSA) is 84.6 Å². The van der Waals surface area contributed by atoms with Gasteiger partial charge in [-0.2, -0.15) is 0 Å². The van der Waals surface area contributed by atoms with E-state index in [1.165, 1.54) is 6.07 Å². The SMILES string of the molecule is CC(N)c1ccc(NC(=O)OC(C)(C)C)cc1O. The van der Waals surface area contributed by atoms with Crippen molar-refractivity contribution in [3.63, 3.8) is 0 Å². The second kappa shape index (κ2) is 5.27. The molecular weight excluding hydrogens is 232 g/mol. The number of benzene rings is 1. The Hall–Kier alpha value is -1.75. The quantitative estimate of drug-likeness (QED) is 0.755. The van der Waals surface area contributed by atoms with Crippen LogP contribution in [0.1, 0.15) is 39.3 Å². The van der Waals surface area contributed by atoms with Crippen molar-refractivity contribution >= 4 is 11.8 Å². The van der Waals surface area contributed by atoms with Crippen molar-refractivity contribution in [1.29, 1.82) is 0 Å². The first kappa shape index (κ1) is 14.3. The summed E-state index contributed by atoms with van der Waals surface area (Å²) in [5.41, 5.74) is 6.21. The number of rotatable bonds is 2. The third-order valence-electron chi connectivity index (χ3n) is 2.17. The van der Waals surface area contributed by atoms with Gasteiger partial charge in [0, 0.05) is 23.4 Å². The molecule has 0 fully saturated rings. The van der Waals surface area contributed by atoms with Crippen LogP contribution in [0.5, 0.6) is 5.75 Å². The molecule has 0 radical (unpaired) electrons. The van der Waals surface area contributed by atoms with Gasteiger partial charge in [0.1, 0.15) is 11.4 Å². The van der Waals surface area contributed by atoms with Crippen LogP contribution in [0.4, 0.5) is 10.5 Å². The van der Waals surface area contributed by atoms with Gasteiger partial charge in [-0.15, -0.1) is 0 Å². The predicted molar refractivity (Wildman–Crippen MR) is 70.6 cm³/mol. The van der Waals surface area contributed by atoms with Crippen LogP contribution >= 0.6 is 0 Å². The van der Waals surface area contributed by atoms with Crippen LogP contribution in [0.25, 0.3) is 0 Å². The number of aromatic hydroxyl groups is 1. The number of carbonyl (C=O) groups excluding carboxylic acids is 1. The smallest absolute Gasteiger partial charge is 0.412 e. The summed E-state index contributed by atoms with van der Waals surface area (Å²) < 4.78 is 5.10. The number of hydrogen-bond donors (Lipinski definition) is 3. The molecule has 5 nitrogen and oxygen atoms in total. The van der Waals surface area contributed by atoms with E-state index >= 15 is 0 Å². The van der Waals surface area contributed by atoms with Crippen LogP contribution < -0.4 is 11.1 Å². The monoisotopic (exact) mass is 252 g/mol. The third-order valence-corrected chi connectivity index (χ3v) is 2.17. The number of nitrogens with one attached hydrogen (secondary N) is 1. The summed E-state index contributed by atoms with van der Waals surface area (Å²) in [6, 6.07) is 4.53. The zero-order chi connectivity index (χ0) is 13.9. The Labute approximate surface area is 107 Å². The van der Waals surface area contributed by atoms with Gasteiger partial charge in [-0.3, -0.25) is 5.32 Å². The number of ether oxygens (including phenoxy) is 1. The highest BCUT2D eigenvalue weighted by Crippen LogP contribution is 2.26. The van der Waals surface area contributed by atoms with Crippen LogP contribution in [0.2, 0.25) is 0 Å². The van der Waals surface area contributed by atoms with Crippen molar-refractivity contribution in [1.82, 2.24) is 0 Å². The minimum atomic E-state index is -0.560. The first-order valence-corrected chi connectivity index (χ1v) is 5.77. The number of phenolic OH excluding ortho intramolecular Hbond substituents is 1. The van der Waals surface area contributed by atoms with E-state index in [9.17, 15) is 9.90 Å². The fourth-order valence-electron chi connectivity index (χ4n) is 1.43. The maximum atomic E-state index is 11.5. The van der Waals surface area contributed by atoms with Crippen LogP contribution in [-0.2, 0) is 4.74 Å². The van der Waals surface area contributed by atoms with Gasteiger partial charge >= 0.3 is 6.09 Å². The molecule has 0 aliphatic carbocycles. The van der Waals surface area contributed by atoms with E-state index in [2.05, 4.69) is 5.32 Å². The molecule has 0 saturated heterocycles. The van der Waals surface area contributed by atoms with E-state index in [-0.39, 0.29) is 11.8 Å². The lowest BCUT2D eigenvalue weighted by Crippen LogP contribution is -2.27. The van der Waals surface area contributed by atoms with Gasteiger partial charge in [-0.25, -0.2) is 4.79 Å². The molecule has 0 aliphatic heterocycles. The molecule has 0 aromatic heterocycles. The molecule has 1 aromatic carbocycles. The molecule has 4 N–H and O–H groups in total. The molecule has 100 valence electrons. The second-order valence-corrected chi connectivity index (χ2v) is 5.19. The van der Waals surface area contributed by atoms with E-state index in [0.29, 0.717) is 11.3 Å². The summed E-state index contributed by atoms with van der Waals surface area (Å²) in [5.74, 6) is 0.0542. The summed E-state index contributed by atoms with van der Waals surface area (Å²) in [6.45, 7) is 7.12. The molecule has 5 heteroatoms. The van der Waals surface area contributed by atoms with Gasteiger partial charge in [-0.05, 0) is 33.8 Å². The fourth-order valence-corrected chi connectivity index (χ4v) is 1.43. The Morgan fingerprint density at radius 3 is 2.50 bits per heavy atom. The Bertz CT molecular complexity index is 436. The van der Waals surface area contributed by atoms with Gasteiger partial charge in [0.25, 0.3) is 0 Å². The fraction of sp³-hybridized carbons (Fsp3) is 0.462. The number of amides is 1. The van der Waals surface area contributed by atoms with E-state index in [4.69, 9.17) is 10.5 Å². The van der Waals surface area contributed by atoms with E-state index in [0.717, 1.165) is 0 Å². The Morgan fingerprint density at radius 1 is 1.44 bits per heavy atom. The zero-order valence-corrected chi connectivity index (χ0v) is 11.2. The molecule has 18 heavy (non-hydrogen) atoms. The zero-order valence-electron chi connectivity index (χ0n) is 11.2. The molecule has 0 heterocycles. The molecular formula is C13H20N2O3. The highest BCUT2D eigenvalue weighted by atomic mass is 16.6. The molecule has 1 unspecified atom stereocenters. The molecule has 0 spiro atoms. The summed E-state index contributed by atoms with van der Waals surface area (Å²) in [7, 11) is 0. The Kier molecular flexibility index (Phi) is 4.19. The number of anilines is 1. The van der Waals surface area contributed by atoms with Crippen molar-refractivity contribution in [2.45, 2.75) is 39.3 Å². The number of carbonyl (C=O) groups is 1. The molecule has 1 rings (SSSR count). The molecule has 0 bridgehead atoms. The Balaban J connectivity index is 2.75. The second-order valence-electron chi connectivity index (χ2n) is 5.19. The van der Waals surface area contributed by atoms with Crippen molar-refractivity contribution < 1.29 is 14.6 Å². The highest BCUT2D eigenvalue weighted by Gasteiger charge is 2.16. The summed E-state index contributed by atoms with van der Waals surface area (Å²) >= 11 is 0. The van der Waals surface area contributed by atoms with Crippen molar-refractivity contribution in [2.75, 3.05) is 5.32 Å². The minimum absolute atomic E-state index is 0.0542. The molecule has 1 aromatic rings. The lowest BCUT2D eigenvalue weighted by atomic mass is 10.1. The van der Waals surface area contributed by atoms with Crippen LogP contribution in [0.3, 0.4) is 0 Å². The van der Waals surface area contributed by atoms with Crippen molar-refractivity contribution in [3.8, 4) is 5.75 Å². The van der Waals surface area contributed by atoms with E-state index in [1.807, 2.05) is 0 Å². The molecule has 1 amide bonds. The first-order valence-electron chi connectivity index (χ1n) is 5.77. The van der Waals surface area contributed by atoms with E-state index in [1.54, 1.807) is 39.8 Å². The lowest BCUT2D eigenvalue weighted by Gasteiger charge is -2.20. The largest absolute Gasteiger partial charge is 0.508 e. The average Bonchev–Trinajstić information content (AvgIpc) is 2.13. The maximum Gasteiger partial charge on any atom is 0.412 e.